The van der Waals surface area contributed by atoms with Crippen molar-refractivity contribution in [3.63, 3.8) is 0 Å². The van der Waals surface area contributed by atoms with Crippen LogP contribution in [0.4, 0.5) is 29.5 Å². The highest BCUT2D eigenvalue weighted by molar-refractivity contribution is 6.04. The van der Waals surface area contributed by atoms with Crippen LogP contribution < -0.4 is 10.2 Å². The number of pyridine rings is 1. The van der Waals surface area contributed by atoms with Crippen LogP contribution in [0.5, 0.6) is 0 Å². The molecule has 0 radical (unpaired) electrons. The minimum Gasteiger partial charge on any atom is -0.448 e. The maximum absolute atomic E-state index is 13.5. The standard InChI is InChI=1S/C25H22F3N5O4/c1-2-3-15-36-24(35)33-13-11-32(12-14-33)19-10-9-18(16-29-19)30-22(34)20-21(25(26,27)28)37-23(31-20)17-7-5-4-6-8-17/h1,4-10,16H,3,11-15H2,(H,30,34). The number of amides is 2. The number of aromatic nitrogens is 2. The molecule has 37 heavy (non-hydrogen) atoms. The van der Waals surface area contributed by atoms with Gasteiger partial charge in [0, 0.05) is 38.2 Å². The Morgan fingerprint density at radius 2 is 1.84 bits per heavy atom. The fourth-order valence-electron chi connectivity index (χ4n) is 3.61. The molecular formula is C25H22F3N5O4. The fraction of sp³-hybridized carbons (Fsp3) is 0.280. The number of carbonyl (C=O) groups is 2. The zero-order valence-corrected chi connectivity index (χ0v) is 19.5. The van der Waals surface area contributed by atoms with E-state index in [1.165, 1.54) is 24.4 Å². The number of terminal acetylenes is 1. The van der Waals surface area contributed by atoms with Crippen LogP contribution in [0.3, 0.4) is 0 Å². The summed E-state index contributed by atoms with van der Waals surface area (Å²) in [5, 5.41) is 2.39. The lowest BCUT2D eigenvalue weighted by atomic mass is 10.2. The zero-order valence-electron chi connectivity index (χ0n) is 19.5. The number of ether oxygens (including phenoxy) is 1. The molecular weight excluding hydrogens is 491 g/mol. The molecule has 0 spiro atoms. The Morgan fingerprint density at radius 1 is 1.11 bits per heavy atom. The Hall–Kier alpha value is -4.53. The van der Waals surface area contributed by atoms with Crippen molar-refractivity contribution in [2.75, 3.05) is 43.0 Å². The van der Waals surface area contributed by atoms with Gasteiger partial charge in [-0.1, -0.05) is 18.2 Å². The molecule has 1 saturated heterocycles. The lowest BCUT2D eigenvalue weighted by Crippen LogP contribution is -2.49. The van der Waals surface area contributed by atoms with Crippen LogP contribution in [0.15, 0.2) is 53.1 Å². The van der Waals surface area contributed by atoms with E-state index in [0.29, 0.717) is 44.0 Å². The van der Waals surface area contributed by atoms with E-state index in [0.717, 1.165) is 0 Å². The van der Waals surface area contributed by atoms with Crippen molar-refractivity contribution in [1.82, 2.24) is 14.9 Å². The highest BCUT2D eigenvalue weighted by Crippen LogP contribution is 2.35. The van der Waals surface area contributed by atoms with E-state index >= 15 is 0 Å². The van der Waals surface area contributed by atoms with Crippen molar-refractivity contribution in [3.05, 3.63) is 60.1 Å². The van der Waals surface area contributed by atoms with Gasteiger partial charge in [0.1, 0.15) is 12.4 Å². The van der Waals surface area contributed by atoms with Crippen molar-refractivity contribution in [2.45, 2.75) is 12.6 Å². The second kappa shape index (κ2) is 11.0. The zero-order chi connectivity index (χ0) is 26.4. The minimum atomic E-state index is -4.91. The normalized spacial score (nSPS) is 13.7. The maximum atomic E-state index is 13.5. The Morgan fingerprint density at radius 3 is 2.46 bits per heavy atom. The third kappa shape index (κ3) is 6.19. The molecule has 0 saturated carbocycles. The number of alkyl halides is 3. The summed E-state index contributed by atoms with van der Waals surface area (Å²) in [6.45, 7) is 2.01. The Bertz CT molecular complexity index is 1280. The highest BCUT2D eigenvalue weighted by Gasteiger charge is 2.42. The van der Waals surface area contributed by atoms with Gasteiger partial charge in [-0.2, -0.15) is 13.2 Å². The lowest BCUT2D eigenvalue weighted by Gasteiger charge is -2.34. The summed E-state index contributed by atoms with van der Waals surface area (Å²) < 4.78 is 50.6. The molecule has 1 aliphatic heterocycles. The molecule has 12 heteroatoms. The SMILES string of the molecule is C#CCCOC(=O)N1CCN(c2ccc(NC(=O)c3nc(-c4ccccc4)oc3C(F)(F)F)cn2)CC1. The second-order valence-corrected chi connectivity index (χ2v) is 7.96. The van der Waals surface area contributed by atoms with Crippen molar-refractivity contribution >= 4 is 23.5 Å². The number of piperazine rings is 1. The van der Waals surface area contributed by atoms with E-state index in [9.17, 15) is 22.8 Å². The van der Waals surface area contributed by atoms with Gasteiger partial charge in [0.05, 0.1) is 11.9 Å². The van der Waals surface area contributed by atoms with Gasteiger partial charge < -0.3 is 24.3 Å². The van der Waals surface area contributed by atoms with Gasteiger partial charge in [-0.15, -0.1) is 12.3 Å². The minimum absolute atomic E-state index is 0.163. The number of carbonyl (C=O) groups excluding carboxylic acids is 2. The predicted molar refractivity (Wildman–Crippen MR) is 128 cm³/mol. The molecule has 192 valence electrons. The van der Waals surface area contributed by atoms with Gasteiger partial charge in [-0.25, -0.2) is 14.8 Å². The van der Waals surface area contributed by atoms with Gasteiger partial charge >= 0.3 is 12.3 Å². The van der Waals surface area contributed by atoms with E-state index in [-0.39, 0.29) is 18.2 Å². The molecule has 0 bridgehead atoms. The topological polar surface area (TPSA) is 101 Å². The number of anilines is 2. The van der Waals surface area contributed by atoms with Crippen LogP contribution in [-0.2, 0) is 10.9 Å². The highest BCUT2D eigenvalue weighted by atomic mass is 19.4. The third-order valence-electron chi connectivity index (χ3n) is 5.46. The summed E-state index contributed by atoms with van der Waals surface area (Å²) in [4.78, 5) is 36.3. The summed E-state index contributed by atoms with van der Waals surface area (Å²) in [5.74, 6) is 0.110. The Balaban J connectivity index is 1.40. The van der Waals surface area contributed by atoms with E-state index in [1.807, 2.05) is 4.90 Å². The molecule has 2 aromatic heterocycles. The summed E-state index contributed by atoms with van der Waals surface area (Å²) >= 11 is 0. The van der Waals surface area contributed by atoms with Crippen molar-refractivity contribution in [3.8, 4) is 23.8 Å². The summed E-state index contributed by atoms with van der Waals surface area (Å²) in [6.07, 6.45) is 1.49. The maximum Gasteiger partial charge on any atom is 0.452 e. The van der Waals surface area contributed by atoms with Crippen LogP contribution in [-0.4, -0.2) is 59.7 Å². The second-order valence-electron chi connectivity index (χ2n) is 7.96. The fourth-order valence-corrected chi connectivity index (χ4v) is 3.61. The third-order valence-corrected chi connectivity index (χ3v) is 5.46. The van der Waals surface area contributed by atoms with Crippen molar-refractivity contribution < 1.29 is 31.9 Å². The number of benzene rings is 1. The molecule has 9 nitrogen and oxygen atoms in total. The molecule has 0 unspecified atom stereocenters. The molecule has 1 aliphatic rings. The summed E-state index contributed by atoms with van der Waals surface area (Å²) in [5.41, 5.74) is -0.387. The molecule has 3 heterocycles. The number of rotatable bonds is 6. The van der Waals surface area contributed by atoms with Crippen molar-refractivity contribution in [1.29, 1.82) is 0 Å². The van der Waals surface area contributed by atoms with Crippen LogP contribution >= 0.6 is 0 Å². The number of hydrogen-bond donors (Lipinski definition) is 1. The van der Waals surface area contributed by atoms with Crippen LogP contribution in [0, 0.1) is 12.3 Å². The van der Waals surface area contributed by atoms with Crippen LogP contribution in [0.1, 0.15) is 22.7 Å². The van der Waals surface area contributed by atoms with Gasteiger partial charge in [-0.05, 0) is 24.3 Å². The number of halogens is 3. The number of hydrogen-bond acceptors (Lipinski definition) is 7. The van der Waals surface area contributed by atoms with Crippen LogP contribution in [0.25, 0.3) is 11.5 Å². The van der Waals surface area contributed by atoms with Gasteiger partial charge in [0.25, 0.3) is 5.91 Å². The van der Waals surface area contributed by atoms with E-state index < -0.39 is 29.6 Å². The molecule has 2 amide bonds. The van der Waals surface area contributed by atoms with E-state index in [1.54, 1.807) is 29.2 Å². The first kappa shape index (κ1) is 25.6. The number of nitrogens with zero attached hydrogens (tertiary/aromatic N) is 4. The molecule has 1 aromatic carbocycles. The first-order valence-electron chi connectivity index (χ1n) is 11.3. The number of oxazole rings is 1. The quantitative estimate of drug-likeness (QED) is 0.388. The van der Waals surface area contributed by atoms with Crippen LogP contribution in [0.2, 0.25) is 0 Å². The average Bonchev–Trinajstić information content (AvgIpc) is 3.37. The average molecular weight is 513 g/mol. The smallest absolute Gasteiger partial charge is 0.448 e. The molecule has 4 rings (SSSR count). The van der Waals surface area contributed by atoms with Gasteiger partial charge in [0.15, 0.2) is 5.69 Å². The van der Waals surface area contributed by atoms with Gasteiger partial charge in [0.2, 0.25) is 11.7 Å². The first-order chi connectivity index (χ1) is 17.8. The Kier molecular flexibility index (Phi) is 7.62. The molecule has 1 N–H and O–H groups in total. The predicted octanol–water partition coefficient (Wildman–Crippen LogP) is 4.29. The van der Waals surface area contributed by atoms with E-state index in [2.05, 4.69) is 21.2 Å². The largest absolute Gasteiger partial charge is 0.452 e. The molecule has 0 atom stereocenters. The first-order valence-corrected chi connectivity index (χ1v) is 11.3. The lowest BCUT2D eigenvalue weighted by molar-refractivity contribution is -0.153. The monoisotopic (exact) mass is 513 g/mol. The van der Waals surface area contributed by atoms with Crippen molar-refractivity contribution in [2.24, 2.45) is 0 Å². The Labute approximate surface area is 210 Å². The molecule has 3 aromatic rings. The summed E-state index contributed by atoms with van der Waals surface area (Å²) in [6, 6.07) is 11.1. The molecule has 1 fully saturated rings. The number of nitrogens with one attached hydrogen (secondary N) is 1. The van der Waals surface area contributed by atoms with Gasteiger partial charge in [-0.3, -0.25) is 4.79 Å². The molecule has 0 aliphatic carbocycles. The summed E-state index contributed by atoms with van der Waals surface area (Å²) in [7, 11) is 0. The van der Waals surface area contributed by atoms with E-state index in [4.69, 9.17) is 15.6 Å².